The van der Waals surface area contributed by atoms with E-state index in [1.165, 1.54) is 0 Å². The zero-order chi connectivity index (χ0) is 10.6. The van der Waals surface area contributed by atoms with E-state index in [1.54, 1.807) is 6.07 Å². The minimum Gasteiger partial charge on any atom is -0.479 e. The molecule has 0 radical (unpaired) electrons. The number of carboxylic acid groups (broad SMARTS) is 1. The summed E-state index contributed by atoms with van der Waals surface area (Å²) in [5.41, 5.74) is -0.272. The van der Waals surface area contributed by atoms with Crippen molar-refractivity contribution in [3.63, 3.8) is 0 Å². The first-order chi connectivity index (χ1) is 6.63. The van der Waals surface area contributed by atoms with Gasteiger partial charge in [-0.1, -0.05) is 0 Å². The maximum absolute atomic E-state index is 12.5. The predicted octanol–water partition coefficient (Wildman–Crippen LogP) is 0.556. The molecule has 1 rings (SSSR count). The summed E-state index contributed by atoms with van der Waals surface area (Å²) >= 11 is 0. The molecule has 72 valence electrons. The molecule has 0 bridgehead atoms. The first-order valence-corrected chi connectivity index (χ1v) is 3.54. The van der Waals surface area contributed by atoms with Gasteiger partial charge >= 0.3 is 5.97 Å². The summed E-state index contributed by atoms with van der Waals surface area (Å²) in [6, 6.07) is 3.73. The third kappa shape index (κ3) is 2.42. The van der Waals surface area contributed by atoms with Gasteiger partial charge < -0.3 is 9.84 Å². The van der Waals surface area contributed by atoms with E-state index in [1.807, 2.05) is 0 Å². The van der Waals surface area contributed by atoms with Crippen molar-refractivity contribution in [2.24, 2.45) is 0 Å². The summed E-state index contributed by atoms with van der Waals surface area (Å²) in [6.07, 6.45) is 0. The van der Waals surface area contributed by atoms with Crippen LogP contribution in [0.1, 0.15) is 5.69 Å². The highest BCUT2D eigenvalue weighted by molar-refractivity contribution is 5.68. The molecule has 0 aromatic carbocycles. The smallest absolute Gasteiger partial charge is 0.341 e. The average Bonchev–Trinajstić information content (AvgIpc) is 2.15. The molecule has 1 heterocycles. The highest BCUT2D eigenvalue weighted by Gasteiger charge is 2.07. The fraction of sp³-hybridized carbons (Fsp3) is 0.125. The molecule has 0 unspecified atom stereocenters. The summed E-state index contributed by atoms with van der Waals surface area (Å²) in [4.78, 5) is 13.4. The molecule has 1 N–H and O–H groups in total. The molecule has 0 saturated heterocycles. The molecular formula is C8H5FN2O3. The summed E-state index contributed by atoms with van der Waals surface area (Å²) in [6.45, 7) is -0.595. The van der Waals surface area contributed by atoms with E-state index in [4.69, 9.17) is 15.1 Å². The zero-order valence-corrected chi connectivity index (χ0v) is 6.90. The largest absolute Gasteiger partial charge is 0.479 e. The number of nitriles is 1. The van der Waals surface area contributed by atoms with Crippen LogP contribution in [0.4, 0.5) is 4.39 Å². The quantitative estimate of drug-likeness (QED) is 0.714. The number of ether oxygens (including phenoxy) is 1. The van der Waals surface area contributed by atoms with E-state index in [2.05, 4.69) is 4.98 Å². The number of nitrogens with zero attached hydrogens (tertiary/aromatic N) is 2. The zero-order valence-electron chi connectivity index (χ0n) is 6.90. The van der Waals surface area contributed by atoms with Crippen LogP contribution in [-0.4, -0.2) is 22.7 Å². The van der Waals surface area contributed by atoms with Crippen LogP contribution in [0.3, 0.4) is 0 Å². The Hall–Kier alpha value is -2.16. The van der Waals surface area contributed by atoms with E-state index in [9.17, 15) is 9.18 Å². The van der Waals surface area contributed by atoms with Crippen LogP contribution in [0.2, 0.25) is 0 Å². The highest BCUT2D eigenvalue weighted by Crippen LogP contribution is 2.15. The first kappa shape index (κ1) is 9.92. The molecule has 0 saturated carbocycles. The number of carboxylic acids is 1. The second-order valence-corrected chi connectivity index (χ2v) is 2.27. The van der Waals surface area contributed by atoms with E-state index < -0.39 is 18.5 Å². The molecule has 0 aliphatic rings. The lowest BCUT2D eigenvalue weighted by atomic mass is 10.3. The van der Waals surface area contributed by atoms with Gasteiger partial charge in [0.1, 0.15) is 6.07 Å². The van der Waals surface area contributed by atoms with Crippen molar-refractivity contribution in [2.75, 3.05) is 6.61 Å². The fourth-order valence-electron chi connectivity index (χ4n) is 0.759. The van der Waals surface area contributed by atoms with Gasteiger partial charge in [0.15, 0.2) is 18.1 Å². The van der Waals surface area contributed by atoms with E-state index in [-0.39, 0.29) is 11.4 Å². The minimum atomic E-state index is -1.18. The van der Waals surface area contributed by atoms with Crippen molar-refractivity contribution >= 4 is 5.97 Å². The van der Waals surface area contributed by atoms with E-state index >= 15 is 0 Å². The standard InChI is InChI=1S/C8H5FN2O3/c9-7-2-1-6(5(3-10)11-7)14-4-8(12)13/h1-2H,4H2,(H,12,13). The van der Waals surface area contributed by atoms with Crippen LogP contribution < -0.4 is 4.74 Å². The van der Waals surface area contributed by atoms with Gasteiger partial charge in [0, 0.05) is 0 Å². The Morgan fingerprint density at radius 3 is 3.00 bits per heavy atom. The fourth-order valence-corrected chi connectivity index (χ4v) is 0.759. The molecule has 0 aliphatic heterocycles. The summed E-state index contributed by atoms with van der Waals surface area (Å²) in [7, 11) is 0. The van der Waals surface area contributed by atoms with Crippen molar-refractivity contribution in [2.45, 2.75) is 0 Å². The SMILES string of the molecule is N#Cc1nc(F)ccc1OCC(=O)O. The second kappa shape index (κ2) is 4.18. The maximum Gasteiger partial charge on any atom is 0.341 e. The summed E-state index contributed by atoms with van der Waals surface area (Å²) in [5, 5.41) is 16.8. The predicted molar refractivity (Wildman–Crippen MR) is 42.0 cm³/mol. The number of hydrogen-bond donors (Lipinski definition) is 1. The summed E-state index contributed by atoms with van der Waals surface area (Å²) < 4.78 is 17.2. The molecule has 5 nitrogen and oxygen atoms in total. The Labute approximate surface area is 78.4 Å². The van der Waals surface area contributed by atoms with Gasteiger partial charge in [-0.25, -0.2) is 9.78 Å². The van der Waals surface area contributed by atoms with Gasteiger partial charge in [-0.2, -0.15) is 9.65 Å². The van der Waals surface area contributed by atoms with Gasteiger partial charge in [-0.15, -0.1) is 0 Å². The lowest BCUT2D eigenvalue weighted by Crippen LogP contribution is -2.10. The molecule has 0 amide bonds. The molecule has 0 aliphatic carbocycles. The Bertz CT molecular complexity index is 400. The van der Waals surface area contributed by atoms with Crippen molar-refractivity contribution in [1.29, 1.82) is 5.26 Å². The van der Waals surface area contributed by atoms with Crippen LogP contribution in [-0.2, 0) is 4.79 Å². The third-order valence-electron chi connectivity index (χ3n) is 1.28. The number of pyridine rings is 1. The molecule has 14 heavy (non-hydrogen) atoms. The van der Waals surface area contributed by atoms with Gasteiger partial charge in [0.25, 0.3) is 0 Å². The Morgan fingerprint density at radius 1 is 1.71 bits per heavy atom. The second-order valence-electron chi connectivity index (χ2n) is 2.27. The van der Waals surface area contributed by atoms with E-state index in [0.717, 1.165) is 12.1 Å². The first-order valence-electron chi connectivity index (χ1n) is 3.54. The van der Waals surface area contributed by atoms with Crippen molar-refractivity contribution in [1.82, 2.24) is 4.98 Å². The number of aliphatic carboxylic acids is 1. The summed E-state index contributed by atoms with van der Waals surface area (Å²) in [5.74, 6) is -2.04. The van der Waals surface area contributed by atoms with Crippen molar-refractivity contribution in [3.05, 3.63) is 23.8 Å². The van der Waals surface area contributed by atoms with Crippen molar-refractivity contribution in [3.8, 4) is 11.8 Å². The van der Waals surface area contributed by atoms with Gasteiger partial charge in [-0.05, 0) is 12.1 Å². The Balaban J connectivity index is 2.87. The Kier molecular flexibility index (Phi) is 2.97. The van der Waals surface area contributed by atoms with Gasteiger partial charge in [0.05, 0.1) is 0 Å². The number of hydrogen-bond acceptors (Lipinski definition) is 4. The maximum atomic E-state index is 12.5. The van der Waals surface area contributed by atoms with E-state index in [0.29, 0.717) is 0 Å². The minimum absolute atomic E-state index is 0.0451. The van der Waals surface area contributed by atoms with Crippen LogP contribution in [0, 0.1) is 17.3 Å². The van der Waals surface area contributed by atoms with Gasteiger partial charge in [-0.3, -0.25) is 0 Å². The number of rotatable bonds is 3. The molecule has 0 atom stereocenters. The van der Waals surface area contributed by atoms with Gasteiger partial charge in [0.2, 0.25) is 5.95 Å². The number of halogens is 1. The monoisotopic (exact) mass is 196 g/mol. The highest BCUT2D eigenvalue weighted by atomic mass is 19.1. The molecule has 6 heteroatoms. The number of carbonyl (C=O) groups is 1. The normalized spacial score (nSPS) is 9.14. The van der Waals surface area contributed by atoms with Crippen LogP contribution >= 0.6 is 0 Å². The van der Waals surface area contributed by atoms with Crippen molar-refractivity contribution < 1.29 is 19.0 Å². The van der Waals surface area contributed by atoms with Crippen LogP contribution in [0.25, 0.3) is 0 Å². The topological polar surface area (TPSA) is 83.2 Å². The number of aromatic nitrogens is 1. The van der Waals surface area contributed by atoms with Crippen LogP contribution in [0.5, 0.6) is 5.75 Å². The molecular weight excluding hydrogens is 191 g/mol. The molecule has 0 fully saturated rings. The lowest BCUT2D eigenvalue weighted by Gasteiger charge is -2.03. The lowest BCUT2D eigenvalue weighted by molar-refractivity contribution is -0.139. The molecule has 1 aromatic heterocycles. The van der Waals surface area contributed by atoms with Crippen LogP contribution in [0.15, 0.2) is 12.1 Å². The molecule has 0 spiro atoms. The average molecular weight is 196 g/mol. The Morgan fingerprint density at radius 2 is 2.43 bits per heavy atom. The third-order valence-corrected chi connectivity index (χ3v) is 1.28. The molecule has 1 aromatic rings.